The van der Waals surface area contributed by atoms with Gasteiger partial charge in [0.2, 0.25) is 19.7 Å². The number of sulfone groups is 2. The van der Waals surface area contributed by atoms with Gasteiger partial charge in [0.25, 0.3) is 0 Å². The molecule has 0 bridgehead atoms. The van der Waals surface area contributed by atoms with E-state index in [-0.39, 0.29) is 25.7 Å². The summed E-state index contributed by atoms with van der Waals surface area (Å²) in [6.45, 7) is 3.70. The first kappa shape index (κ1) is 21.9. The molecule has 0 unspecified atom stereocenters. The molecule has 3 aromatic carbocycles. The van der Waals surface area contributed by atoms with Gasteiger partial charge >= 0.3 is 0 Å². The van der Waals surface area contributed by atoms with Crippen molar-refractivity contribution in [2.24, 2.45) is 0 Å². The number of benzene rings is 3. The zero-order valence-electron chi connectivity index (χ0n) is 17.4. The van der Waals surface area contributed by atoms with Crippen LogP contribution in [0.4, 0.5) is 0 Å². The highest BCUT2D eigenvalue weighted by atomic mass is 32.2. The highest BCUT2D eigenvalue weighted by Crippen LogP contribution is 2.27. The van der Waals surface area contributed by atoms with Crippen LogP contribution in [0.25, 0.3) is 11.4 Å². The van der Waals surface area contributed by atoms with Crippen molar-refractivity contribution in [1.82, 2.24) is 9.97 Å². The summed E-state index contributed by atoms with van der Waals surface area (Å²) >= 11 is 0. The Balaban J connectivity index is 1.95. The minimum absolute atomic E-state index is 0.0180. The molecule has 8 heteroatoms. The Morgan fingerprint density at radius 3 is 1.38 bits per heavy atom. The molecule has 4 aromatic rings. The van der Waals surface area contributed by atoms with Gasteiger partial charge in [-0.2, -0.15) is 0 Å². The molecule has 0 fully saturated rings. The highest BCUT2D eigenvalue weighted by molar-refractivity contribution is 7.92. The number of hydrogen-bond donors (Lipinski definition) is 0. The molecule has 0 saturated carbocycles. The van der Waals surface area contributed by atoms with Crippen LogP contribution in [0.2, 0.25) is 0 Å². The smallest absolute Gasteiger partial charge is 0.217 e. The molecule has 32 heavy (non-hydrogen) atoms. The highest BCUT2D eigenvalue weighted by Gasteiger charge is 2.27. The van der Waals surface area contributed by atoms with Crippen LogP contribution in [0.3, 0.4) is 0 Å². The average Bonchev–Trinajstić information content (AvgIpc) is 2.80. The third kappa shape index (κ3) is 4.19. The van der Waals surface area contributed by atoms with E-state index in [9.17, 15) is 16.8 Å². The van der Waals surface area contributed by atoms with Crippen molar-refractivity contribution in [3.63, 3.8) is 0 Å². The Bertz CT molecular complexity index is 1390. The maximum Gasteiger partial charge on any atom is 0.224 e. The predicted molar refractivity (Wildman–Crippen MR) is 121 cm³/mol. The van der Waals surface area contributed by atoms with Gasteiger partial charge in [0.05, 0.1) is 9.79 Å². The summed E-state index contributed by atoms with van der Waals surface area (Å²) < 4.78 is 53.2. The van der Waals surface area contributed by atoms with E-state index in [1.165, 1.54) is 24.3 Å². The average molecular weight is 465 g/mol. The minimum Gasteiger partial charge on any atom is -0.217 e. The van der Waals surface area contributed by atoms with Crippen molar-refractivity contribution in [2.45, 2.75) is 33.7 Å². The molecular weight excluding hydrogens is 444 g/mol. The first-order valence-corrected chi connectivity index (χ1v) is 12.7. The van der Waals surface area contributed by atoms with Gasteiger partial charge in [-0.25, -0.2) is 26.8 Å². The summed E-state index contributed by atoms with van der Waals surface area (Å²) in [5.74, 6) is 0.0180. The molecule has 0 radical (unpaired) electrons. The van der Waals surface area contributed by atoms with Gasteiger partial charge in [0, 0.05) is 11.6 Å². The maximum absolute atomic E-state index is 13.3. The van der Waals surface area contributed by atoms with E-state index in [1.807, 2.05) is 13.8 Å². The van der Waals surface area contributed by atoms with Gasteiger partial charge in [-0.3, -0.25) is 0 Å². The molecule has 162 valence electrons. The van der Waals surface area contributed by atoms with E-state index < -0.39 is 19.7 Å². The zero-order valence-corrected chi connectivity index (χ0v) is 19.1. The number of rotatable bonds is 5. The van der Waals surface area contributed by atoms with Gasteiger partial charge in [-0.15, -0.1) is 0 Å². The van der Waals surface area contributed by atoms with E-state index in [0.29, 0.717) is 5.56 Å². The van der Waals surface area contributed by atoms with Gasteiger partial charge in [0.15, 0.2) is 15.9 Å². The van der Waals surface area contributed by atoms with Crippen molar-refractivity contribution in [1.29, 1.82) is 0 Å². The summed E-state index contributed by atoms with van der Waals surface area (Å²) in [5, 5.41) is -0.748. The Morgan fingerprint density at radius 2 is 0.969 bits per heavy atom. The van der Waals surface area contributed by atoms with Crippen LogP contribution in [0.15, 0.2) is 105 Å². The topological polar surface area (TPSA) is 94.1 Å². The van der Waals surface area contributed by atoms with Crippen molar-refractivity contribution < 1.29 is 16.8 Å². The van der Waals surface area contributed by atoms with Crippen LogP contribution in [0.1, 0.15) is 11.1 Å². The maximum atomic E-state index is 13.3. The van der Waals surface area contributed by atoms with Crippen LogP contribution < -0.4 is 0 Å². The molecule has 4 rings (SSSR count). The third-order valence-corrected chi connectivity index (χ3v) is 8.23. The summed E-state index contributed by atoms with van der Waals surface area (Å²) in [5.41, 5.74) is 2.31. The lowest BCUT2D eigenvalue weighted by atomic mass is 10.2. The SMILES string of the molecule is Cc1ccc(S(=O)(=O)c2cc(S(=O)(=O)c3ccc(C)cc3)nc(-c3ccccc3)n2)cc1. The number of aromatic nitrogens is 2. The second-order valence-corrected chi connectivity index (χ2v) is 11.2. The van der Waals surface area contributed by atoms with E-state index >= 15 is 0 Å². The fourth-order valence-electron chi connectivity index (χ4n) is 3.07. The minimum atomic E-state index is -4.07. The molecule has 1 heterocycles. The van der Waals surface area contributed by atoms with Gasteiger partial charge < -0.3 is 0 Å². The lowest BCUT2D eigenvalue weighted by molar-refractivity contribution is 0.587. The normalized spacial score (nSPS) is 11.9. The quantitative estimate of drug-likeness (QED) is 0.406. The summed E-state index contributed by atoms with van der Waals surface area (Å²) in [4.78, 5) is 8.52. The van der Waals surface area contributed by atoms with Crippen molar-refractivity contribution in [3.8, 4) is 11.4 Å². The van der Waals surface area contributed by atoms with Crippen LogP contribution in [0.5, 0.6) is 0 Å². The number of aryl methyl sites for hydroxylation is 2. The van der Waals surface area contributed by atoms with Crippen molar-refractivity contribution >= 4 is 19.7 Å². The summed E-state index contributed by atoms with van der Waals surface area (Å²) in [7, 11) is -8.15. The van der Waals surface area contributed by atoms with Crippen LogP contribution in [-0.4, -0.2) is 26.8 Å². The second-order valence-electron chi connectivity index (χ2n) is 7.37. The Kier molecular flexibility index (Phi) is 5.66. The lowest BCUT2D eigenvalue weighted by Crippen LogP contribution is -2.12. The molecule has 0 saturated heterocycles. The van der Waals surface area contributed by atoms with E-state index in [2.05, 4.69) is 9.97 Å². The van der Waals surface area contributed by atoms with E-state index in [0.717, 1.165) is 17.2 Å². The standard InChI is InChI=1S/C24H20N2O4S2/c1-17-8-12-20(13-9-17)31(27,28)22-16-23(26-24(25-22)19-6-4-3-5-7-19)32(29,30)21-14-10-18(2)11-15-21/h3-16H,1-2H3. The van der Waals surface area contributed by atoms with Crippen molar-refractivity contribution in [2.75, 3.05) is 0 Å². The molecule has 0 aliphatic rings. The molecule has 0 N–H and O–H groups in total. The molecule has 6 nitrogen and oxygen atoms in total. The van der Waals surface area contributed by atoms with Crippen molar-refractivity contribution in [3.05, 3.63) is 96.1 Å². The van der Waals surface area contributed by atoms with Gasteiger partial charge in [0.1, 0.15) is 0 Å². The predicted octanol–water partition coefficient (Wildman–Crippen LogP) is 4.43. The Morgan fingerprint density at radius 1 is 0.562 bits per heavy atom. The molecular formula is C24H20N2O4S2. The number of nitrogens with zero attached hydrogens (tertiary/aromatic N) is 2. The molecule has 0 aliphatic heterocycles. The van der Waals surface area contributed by atoms with Crippen LogP contribution >= 0.6 is 0 Å². The largest absolute Gasteiger partial charge is 0.224 e. The monoisotopic (exact) mass is 464 g/mol. The summed E-state index contributed by atoms with van der Waals surface area (Å²) in [6.07, 6.45) is 0. The first-order chi connectivity index (χ1) is 15.2. The fourth-order valence-corrected chi connectivity index (χ4v) is 5.57. The summed E-state index contributed by atoms with van der Waals surface area (Å²) in [6, 6.07) is 22.3. The third-order valence-electron chi connectivity index (χ3n) is 4.92. The van der Waals surface area contributed by atoms with Crippen LogP contribution in [-0.2, 0) is 19.7 Å². The Labute approximate surface area is 187 Å². The van der Waals surface area contributed by atoms with Crippen LogP contribution in [0, 0.1) is 13.8 Å². The number of hydrogen-bond acceptors (Lipinski definition) is 6. The molecule has 0 aliphatic carbocycles. The Hall–Kier alpha value is -3.36. The second kappa shape index (κ2) is 8.29. The first-order valence-electron chi connectivity index (χ1n) is 9.76. The van der Waals surface area contributed by atoms with E-state index in [4.69, 9.17) is 0 Å². The fraction of sp³-hybridized carbons (Fsp3) is 0.0833. The van der Waals surface area contributed by atoms with Gasteiger partial charge in [-0.1, -0.05) is 65.7 Å². The zero-order chi connectivity index (χ0) is 22.9. The van der Waals surface area contributed by atoms with E-state index in [1.54, 1.807) is 54.6 Å². The molecule has 0 atom stereocenters. The molecule has 0 amide bonds. The molecule has 0 spiro atoms. The molecule has 1 aromatic heterocycles. The van der Waals surface area contributed by atoms with Gasteiger partial charge in [-0.05, 0) is 38.1 Å². The lowest BCUT2D eigenvalue weighted by Gasteiger charge is -2.10.